The zero-order chi connectivity index (χ0) is 20.6. The summed E-state index contributed by atoms with van der Waals surface area (Å²) in [7, 11) is 1.56. The summed E-state index contributed by atoms with van der Waals surface area (Å²) < 4.78 is 52.3. The van der Waals surface area contributed by atoms with Crippen LogP contribution in [0.5, 0.6) is 17.2 Å². The van der Waals surface area contributed by atoms with Crippen LogP contribution >= 0.6 is 0 Å². The second-order valence-corrected chi connectivity index (χ2v) is 5.96. The number of guanidine groups is 1. The zero-order valence-corrected chi connectivity index (χ0v) is 15.5. The van der Waals surface area contributed by atoms with E-state index in [4.69, 9.17) is 15.2 Å². The van der Waals surface area contributed by atoms with Crippen molar-refractivity contribution in [3.05, 3.63) is 48.5 Å². The fraction of sp³-hybridized carbons (Fsp3) is 0.316. The molecule has 0 heterocycles. The molecule has 0 saturated heterocycles. The number of rotatable bonds is 8. The van der Waals surface area contributed by atoms with Crippen molar-refractivity contribution in [2.24, 2.45) is 16.6 Å². The van der Waals surface area contributed by atoms with E-state index in [1.165, 1.54) is 18.2 Å². The number of benzene rings is 2. The van der Waals surface area contributed by atoms with Gasteiger partial charge in [-0.05, 0) is 24.3 Å². The summed E-state index contributed by atoms with van der Waals surface area (Å²) in [5, 5.41) is 2.62. The normalized spacial score (nSPS) is 13.0. The second-order valence-electron chi connectivity index (χ2n) is 5.96. The summed E-state index contributed by atoms with van der Waals surface area (Å²) in [6.07, 6.45) is -4.80. The number of anilines is 1. The number of alkyl halides is 3. The topological polar surface area (TPSA) is 78.1 Å². The number of nitrogens with two attached hydrogens (primary N) is 1. The molecule has 9 heteroatoms. The molecule has 0 saturated carbocycles. The summed E-state index contributed by atoms with van der Waals surface area (Å²) >= 11 is 0. The Morgan fingerprint density at radius 3 is 2.32 bits per heavy atom. The highest BCUT2D eigenvalue weighted by Gasteiger charge is 2.32. The molecule has 0 aliphatic rings. The molecule has 1 unspecified atom stereocenters. The maximum absolute atomic E-state index is 12.5. The first-order chi connectivity index (χ1) is 13.3. The van der Waals surface area contributed by atoms with Gasteiger partial charge in [0.25, 0.3) is 0 Å². The fourth-order valence-corrected chi connectivity index (χ4v) is 2.24. The van der Waals surface area contributed by atoms with Crippen LogP contribution in [0, 0.1) is 5.92 Å². The van der Waals surface area contributed by atoms with E-state index in [-0.39, 0.29) is 23.3 Å². The minimum atomic E-state index is -4.80. The van der Waals surface area contributed by atoms with Crippen LogP contribution in [0.1, 0.15) is 6.92 Å². The van der Waals surface area contributed by atoms with E-state index in [0.29, 0.717) is 24.7 Å². The predicted octanol–water partition coefficient (Wildman–Crippen LogP) is 4.04. The molecule has 0 fully saturated rings. The third kappa shape index (κ3) is 6.90. The number of aliphatic imine (C=N–C) groups is 1. The lowest BCUT2D eigenvalue weighted by molar-refractivity contribution is -0.274. The lowest BCUT2D eigenvalue weighted by Crippen LogP contribution is -2.25. The highest BCUT2D eigenvalue weighted by Crippen LogP contribution is 2.30. The van der Waals surface area contributed by atoms with Crippen molar-refractivity contribution in [1.82, 2.24) is 0 Å². The molecule has 0 bridgehead atoms. The molecule has 152 valence electrons. The van der Waals surface area contributed by atoms with Crippen LogP contribution in [0.3, 0.4) is 0 Å². The monoisotopic (exact) mass is 397 g/mol. The smallest absolute Gasteiger partial charge is 0.493 e. The van der Waals surface area contributed by atoms with Crippen LogP contribution in [0.15, 0.2) is 53.5 Å². The Bertz CT molecular complexity index is 797. The van der Waals surface area contributed by atoms with Gasteiger partial charge in [0.15, 0.2) is 23.2 Å². The first kappa shape index (κ1) is 21.2. The van der Waals surface area contributed by atoms with Gasteiger partial charge in [-0.2, -0.15) is 0 Å². The summed E-state index contributed by atoms with van der Waals surface area (Å²) in [6.45, 7) is 2.59. The summed E-state index contributed by atoms with van der Waals surface area (Å²) in [5.41, 5.74) is 5.85. The molecule has 0 aromatic heterocycles. The van der Waals surface area contributed by atoms with Gasteiger partial charge in [-0.25, -0.2) is 0 Å². The van der Waals surface area contributed by atoms with Gasteiger partial charge in [0, 0.05) is 12.5 Å². The summed E-state index contributed by atoms with van der Waals surface area (Å²) in [4.78, 5) is 4.15. The van der Waals surface area contributed by atoms with Crippen LogP contribution in [-0.2, 0) is 0 Å². The third-order valence-electron chi connectivity index (χ3n) is 3.54. The average molecular weight is 397 g/mol. The molecule has 6 nitrogen and oxygen atoms in total. The molecule has 28 heavy (non-hydrogen) atoms. The Labute approximate surface area is 161 Å². The molecule has 0 aliphatic heterocycles. The number of halogens is 3. The van der Waals surface area contributed by atoms with Crippen LogP contribution in [0.25, 0.3) is 0 Å². The highest BCUT2D eigenvalue weighted by molar-refractivity contribution is 5.93. The van der Waals surface area contributed by atoms with Crippen molar-refractivity contribution >= 4 is 11.6 Å². The summed E-state index contributed by atoms with van der Waals surface area (Å²) in [5.74, 6) is 0.834. The van der Waals surface area contributed by atoms with E-state index in [1.807, 2.05) is 19.1 Å². The van der Waals surface area contributed by atoms with Gasteiger partial charge >= 0.3 is 6.36 Å². The maximum atomic E-state index is 12.5. The summed E-state index contributed by atoms with van der Waals surface area (Å²) in [6, 6.07) is 12.8. The van der Waals surface area contributed by atoms with Gasteiger partial charge in [-0.3, -0.25) is 4.99 Å². The zero-order valence-electron chi connectivity index (χ0n) is 15.5. The first-order valence-electron chi connectivity index (χ1n) is 8.46. The van der Waals surface area contributed by atoms with Crippen molar-refractivity contribution in [1.29, 1.82) is 0 Å². The van der Waals surface area contributed by atoms with Crippen molar-refractivity contribution in [2.45, 2.75) is 13.3 Å². The van der Waals surface area contributed by atoms with Gasteiger partial charge < -0.3 is 25.3 Å². The molecule has 0 radical (unpaired) electrons. The van der Waals surface area contributed by atoms with Crippen LogP contribution in [-0.4, -0.2) is 32.6 Å². The van der Waals surface area contributed by atoms with E-state index in [9.17, 15) is 13.2 Å². The maximum Gasteiger partial charge on any atom is 0.573 e. The minimum Gasteiger partial charge on any atom is -0.493 e. The van der Waals surface area contributed by atoms with E-state index in [1.54, 1.807) is 25.3 Å². The number of hydrogen-bond donors (Lipinski definition) is 2. The van der Waals surface area contributed by atoms with E-state index >= 15 is 0 Å². The van der Waals surface area contributed by atoms with Gasteiger partial charge in [-0.15, -0.1) is 13.2 Å². The number of hydrogen-bond acceptors (Lipinski definition) is 4. The highest BCUT2D eigenvalue weighted by atomic mass is 19.4. The molecule has 0 aliphatic carbocycles. The Hall–Kier alpha value is -3.10. The first-order valence-corrected chi connectivity index (χ1v) is 8.46. The Kier molecular flexibility index (Phi) is 7.36. The fourth-order valence-electron chi connectivity index (χ4n) is 2.24. The molecule has 2 aromatic carbocycles. The van der Waals surface area contributed by atoms with Gasteiger partial charge in [0.2, 0.25) is 0 Å². The van der Waals surface area contributed by atoms with E-state index < -0.39 is 6.36 Å². The molecule has 3 N–H and O–H groups in total. The predicted molar refractivity (Wildman–Crippen MR) is 101 cm³/mol. The minimum absolute atomic E-state index is 0.00642. The van der Waals surface area contributed by atoms with Gasteiger partial charge in [0.1, 0.15) is 0 Å². The van der Waals surface area contributed by atoms with Crippen LogP contribution in [0.2, 0.25) is 0 Å². The number of nitrogens with one attached hydrogen (secondary N) is 1. The standard InChI is InChI=1S/C19H22F3N3O3/c1-13(12-27-17-10-6-5-9-16(17)26-2)11-24-18(23)25-14-7-3-4-8-15(14)28-19(20,21)22/h3-10,13H,11-12H2,1-2H3,(H3,23,24,25). The molecule has 1 atom stereocenters. The Balaban J connectivity index is 1.90. The number of methoxy groups -OCH3 is 1. The van der Waals surface area contributed by atoms with Crippen LogP contribution in [0.4, 0.5) is 18.9 Å². The molecule has 0 amide bonds. The lowest BCUT2D eigenvalue weighted by atomic mass is 10.2. The van der Waals surface area contributed by atoms with Crippen molar-refractivity contribution < 1.29 is 27.4 Å². The SMILES string of the molecule is COc1ccccc1OCC(C)CN=C(N)Nc1ccccc1OC(F)(F)F. The third-order valence-corrected chi connectivity index (χ3v) is 3.54. The number of ether oxygens (including phenoxy) is 3. The molecular weight excluding hydrogens is 375 g/mol. The molecular formula is C19H22F3N3O3. The van der Waals surface area contributed by atoms with Gasteiger partial charge in [-0.1, -0.05) is 31.2 Å². The van der Waals surface area contributed by atoms with Crippen LogP contribution < -0.4 is 25.3 Å². The van der Waals surface area contributed by atoms with Gasteiger partial charge in [0.05, 0.1) is 19.4 Å². The Morgan fingerprint density at radius 2 is 1.68 bits per heavy atom. The molecule has 2 rings (SSSR count). The van der Waals surface area contributed by atoms with Crippen molar-refractivity contribution in [3.63, 3.8) is 0 Å². The lowest BCUT2D eigenvalue weighted by Gasteiger charge is -2.15. The Morgan fingerprint density at radius 1 is 1.07 bits per heavy atom. The average Bonchev–Trinajstić information content (AvgIpc) is 2.65. The number of para-hydroxylation sites is 4. The molecule has 2 aromatic rings. The molecule has 0 spiro atoms. The number of nitrogens with zero attached hydrogens (tertiary/aromatic N) is 1. The second kappa shape index (κ2) is 9.72. The van der Waals surface area contributed by atoms with E-state index in [0.717, 1.165) is 0 Å². The van der Waals surface area contributed by atoms with Crippen molar-refractivity contribution in [3.8, 4) is 17.2 Å². The van der Waals surface area contributed by atoms with E-state index in [2.05, 4.69) is 15.0 Å². The largest absolute Gasteiger partial charge is 0.573 e. The van der Waals surface area contributed by atoms with Crippen molar-refractivity contribution in [2.75, 3.05) is 25.6 Å². The quantitative estimate of drug-likeness (QED) is 0.519.